The molecule has 1 rings (SSSR count). The van der Waals surface area contributed by atoms with Gasteiger partial charge in [-0.15, -0.1) is 0 Å². The molecule has 0 aliphatic rings. The second-order valence-corrected chi connectivity index (χ2v) is 11.8. The maximum Gasteiger partial charge on any atom is 0.192 e. The molecule has 0 fully saturated rings. The topological polar surface area (TPSA) is 9.23 Å². The van der Waals surface area contributed by atoms with Gasteiger partial charge >= 0.3 is 0 Å². The zero-order valence-corrected chi connectivity index (χ0v) is 17.7. The molecule has 0 radical (unpaired) electrons. The Kier molecular flexibility index (Phi) is 10.6. The molecule has 0 amide bonds. The van der Waals surface area contributed by atoms with Crippen LogP contribution in [0.3, 0.4) is 0 Å². The van der Waals surface area contributed by atoms with Gasteiger partial charge in [-0.3, -0.25) is 0 Å². The third-order valence-corrected chi connectivity index (χ3v) is 9.96. The van der Waals surface area contributed by atoms with Crippen LogP contribution in [-0.4, -0.2) is 8.32 Å². The van der Waals surface area contributed by atoms with Crippen LogP contribution in [0.15, 0.2) is 36.4 Å². The van der Waals surface area contributed by atoms with Gasteiger partial charge in [0.15, 0.2) is 8.32 Å². The van der Waals surface area contributed by atoms with Crippen molar-refractivity contribution in [2.24, 2.45) is 0 Å². The molecule has 0 aliphatic heterocycles. The van der Waals surface area contributed by atoms with Crippen molar-refractivity contribution in [3.8, 4) is 0 Å². The summed E-state index contributed by atoms with van der Waals surface area (Å²) in [6, 6.07) is 11.8. The van der Waals surface area contributed by atoms with Crippen molar-refractivity contribution in [1.29, 1.82) is 0 Å². The molecule has 0 spiro atoms. The van der Waals surface area contributed by atoms with Gasteiger partial charge in [0.2, 0.25) is 0 Å². The molecule has 1 aromatic carbocycles. The van der Waals surface area contributed by atoms with E-state index in [1.54, 1.807) is 0 Å². The number of hydrogen-bond donors (Lipinski definition) is 0. The van der Waals surface area contributed by atoms with Crippen LogP contribution in [0.4, 0.5) is 0 Å². The first-order valence-electron chi connectivity index (χ1n) is 9.69. The van der Waals surface area contributed by atoms with E-state index in [0.717, 1.165) is 11.4 Å². The highest BCUT2D eigenvalue weighted by Gasteiger charge is 2.32. The van der Waals surface area contributed by atoms with Crippen molar-refractivity contribution in [3.05, 3.63) is 47.0 Å². The molecule has 1 nitrogen and oxygen atoms in total. The Bertz CT molecular complexity index is 457. The van der Waals surface area contributed by atoms with Crippen LogP contribution in [0.5, 0.6) is 0 Å². The van der Waals surface area contributed by atoms with Gasteiger partial charge in [-0.05, 0) is 55.1 Å². The minimum absolute atomic E-state index is 0.163. The standard InChI is InChI=1S/C21H35ClOSi/c1-5-9-10-11-12-13-14-21(19-15-17-20(22)18-16-19)23-24(6-2,7-3)8-4/h12-13,15-18,21H,5-11,14H2,1-4H3/b13-12+. The van der Waals surface area contributed by atoms with Crippen molar-refractivity contribution < 1.29 is 4.43 Å². The lowest BCUT2D eigenvalue weighted by Gasteiger charge is -2.33. The number of rotatable bonds is 12. The smallest absolute Gasteiger partial charge is 0.192 e. The van der Waals surface area contributed by atoms with Crippen molar-refractivity contribution in [3.63, 3.8) is 0 Å². The highest BCUT2D eigenvalue weighted by atomic mass is 35.5. The molecule has 3 heteroatoms. The molecule has 0 N–H and O–H groups in total. The van der Waals surface area contributed by atoms with Gasteiger partial charge in [0, 0.05) is 5.02 Å². The number of benzene rings is 1. The summed E-state index contributed by atoms with van der Waals surface area (Å²) in [5.74, 6) is 0. The number of allylic oxidation sites excluding steroid dienone is 1. The molecule has 1 atom stereocenters. The Labute approximate surface area is 155 Å². The quantitative estimate of drug-likeness (QED) is 0.207. The van der Waals surface area contributed by atoms with E-state index in [1.807, 2.05) is 12.1 Å². The summed E-state index contributed by atoms with van der Waals surface area (Å²) in [5, 5.41) is 0.789. The van der Waals surface area contributed by atoms with Crippen LogP contribution in [0.1, 0.15) is 71.5 Å². The lowest BCUT2D eigenvalue weighted by molar-refractivity contribution is 0.193. The van der Waals surface area contributed by atoms with Crippen molar-refractivity contribution in [2.75, 3.05) is 0 Å². The summed E-state index contributed by atoms with van der Waals surface area (Å²) in [5.41, 5.74) is 1.25. The van der Waals surface area contributed by atoms with E-state index in [1.165, 1.54) is 49.4 Å². The van der Waals surface area contributed by atoms with E-state index in [4.69, 9.17) is 16.0 Å². The summed E-state index contributed by atoms with van der Waals surface area (Å²) >= 11 is 6.06. The first kappa shape index (κ1) is 21.5. The van der Waals surface area contributed by atoms with E-state index >= 15 is 0 Å². The van der Waals surface area contributed by atoms with Gasteiger partial charge in [-0.2, -0.15) is 0 Å². The van der Waals surface area contributed by atoms with Gasteiger partial charge in [0.1, 0.15) is 0 Å². The lowest BCUT2D eigenvalue weighted by Crippen LogP contribution is -2.37. The molecule has 0 saturated heterocycles. The van der Waals surface area contributed by atoms with E-state index in [2.05, 4.69) is 52.0 Å². The van der Waals surface area contributed by atoms with Gasteiger partial charge in [0.05, 0.1) is 6.10 Å². The first-order chi connectivity index (χ1) is 11.6. The monoisotopic (exact) mass is 366 g/mol. The number of hydrogen-bond acceptors (Lipinski definition) is 1. The fraction of sp³-hybridized carbons (Fsp3) is 0.619. The Morgan fingerprint density at radius 2 is 1.58 bits per heavy atom. The predicted molar refractivity (Wildman–Crippen MR) is 110 cm³/mol. The fourth-order valence-corrected chi connectivity index (χ4v) is 6.04. The van der Waals surface area contributed by atoms with Crippen LogP contribution in [0, 0.1) is 0 Å². The Hall–Kier alpha value is -0.573. The zero-order chi connectivity index (χ0) is 17.8. The molecule has 24 heavy (non-hydrogen) atoms. The Morgan fingerprint density at radius 1 is 0.958 bits per heavy atom. The third-order valence-electron chi connectivity index (χ3n) is 5.06. The van der Waals surface area contributed by atoms with E-state index < -0.39 is 8.32 Å². The molecule has 1 aromatic rings. The van der Waals surface area contributed by atoms with Crippen molar-refractivity contribution in [1.82, 2.24) is 0 Å². The zero-order valence-electron chi connectivity index (χ0n) is 16.0. The number of unbranched alkanes of at least 4 members (excludes halogenated alkanes) is 3. The predicted octanol–water partition coefficient (Wildman–Crippen LogP) is 7.93. The summed E-state index contributed by atoms with van der Waals surface area (Å²) in [4.78, 5) is 0. The van der Waals surface area contributed by atoms with Crippen LogP contribution < -0.4 is 0 Å². The second-order valence-electron chi connectivity index (χ2n) is 6.60. The highest BCUT2D eigenvalue weighted by molar-refractivity contribution is 6.73. The molecule has 136 valence electrons. The summed E-state index contributed by atoms with van der Waals surface area (Å²) < 4.78 is 6.78. The third kappa shape index (κ3) is 7.12. The maximum atomic E-state index is 6.78. The Balaban J connectivity index is 2.81. The molecule has 0 saturated carbocycles. The van der Waals surface area contributed by atoms with E-state index in [-0.39, 0.29) is 6.10 Å². The largest absolute Gasteiger partial charge is 0.410 e. The van der Waals surface area contributed by atoms with Gasteiger partial charge < -0.3 is 4.43 Å². The van der Waals surface area contributed by atoms with Gasteiger partial charge in [0.25, 0.3) is 0 Å². The average molecular weight is 367 g/mol. The molecule has 0 bridgehead atoms. The summed E-state index contributed by atoms with van der Waals surface area (Å²) in [6.07, 6.45) is 10.8. The SMILES string of the molecule is CCCCC/C=C/CC(O[Si](CC)(CC)CC)c1ccc(Cl)cc1. The van der Waals surface area contributed by atoms with Crippen LogP contribution in [0.2, 0.25) is 23.2 Å². The van der Waals surface area contributed by atoms with E-state index in [9.17, 15) is 0 Å². The highest BCUT2D eigenvalue weighted by Crippen LogP contribution is 2.32. The summed E-state index contributed by atoms with van der Waals surface area (Å²) in [6.45, 7) is 9.12. The van der Waals surface area contributed by atoms with Crippen molar-refractivity contribution >= 4 is 19.9 Å². The van der Waals surface area contributed by atoms with Crippen LogP contribution in [0.25, 0.3) is 0 Å². The van der Waals surface area contributed by atoms with Gasteiger partial charge in [-0.25, -0.2) is 0 Å². The van der Waals surface area contributed by atoms with E-state index in [0.29, 0.717) is 0 Å². The molecule has 0 aromatic heterocycles. The summed E-state index contributed by atoms with van der Waals surface area (Å²) in [7, 11) is -1.62. The second kappa shape index (κ2) is 11.9. The molecular weight excluding hydrogens is 332 g/mol. The van der Waals surface area contributed by atoms with Crippen molar-refractivity contribution in [2.45, 2.75) is 84.0 Å². The minimum atomic E-state index is -1.62. The average Bonchev–Trinajstić information content (AvgIpc) is 2.62. The normalized spacial score (nSPS) is 13.5. The van der Waals surface area contributed by atoms with Crippen LogP contribution in [-0.2, 0) is 4.43 Å². The molecule has 1 unspecified atom stereocenters. The molecule has 0 heterocycles. The molecule has 0 aliphatic carbocycles. The first-order valence-corrected chi connectivity index (χ1v) is 12.6. The number of halogens is 1. The van der Waals surface area contributed by atoms with Gasteiger partial charge in [-0.1, -0.05) is 76.4 Å². The Morgan fingerprint density at radius 3 is 2.12 bits per heavy atom. The maximum absolute atomic E-state index is 6.78. The fourth-order valence-electron chi connectivity index (χ4n) is 3.08. The lowest BCUT2D eigenvalue weighted by atomic mass is 10.1. The van der Waals surface area contributed by atoms with Crippen LogP contribution >= 0.6 is 11.6 Å². The minimum Gasteiger partial charge on any atom is -0.410 e. The molecular formula is C21H35ClOSi.